The molecular weight excluding hydrogens is 210 g/mol. The summed E-state index contributed by atoms with van der Waals surface area (Å²) in [5.41, 5.74) is 0. The Kier molecular flexibility index (Phi) is 3.64. The third kappa shape index (κ3) is 2.71. The number of hydrogen-bond acceptors (Lipinski definition) is 4. The summed E-state index contributed by atoms with van der Waals surface area (Å²) in [6.45, 7) is 4.50. The van der Waals surface area contributed by atoms with E-state index in [1.54, 1.807) is 7.05 Å². The molecule has 1 N–H and O–H groups in total. The molecule has 2 fully saturated rings. The monoisotopic (exact) mass is 231 g/mol. The molecule has 0 amide bonds. The van der Waals surface area contributed by atoms with E-state index in [1.165, 1.54) is 0 Å². The molecule has 0 bridgehead atoms. The number of nitrogens with zero attached hydrogens (tertiary/aromatic N) is 2. The van der Waals surface area contributed by atoms with E-state index in [1.807, 2.05) is 0 Å². The van der Waals surface area contributed by atoms with Gasteiger partial charge in [0.25, 0.3) is 0 Å². The van der Waals surface area contributed by atoms with Gasteiger partial charge >= 0.3 is 0 Å². The number of piperazine rings is 1. The van der Waals surface area contributed by atoms with E-state index in [0.717, 1.165) is 50.5 Å². The van der Waals surface area contributed by atoms with Crippen LogP contribution in [0.15, 0.2) is 4.36 Å². The van der Waals surface area contributed by atoms with E-state index in [2.05, 4.69) is 14.6 Å². The summed E-state index contributed by atoms with van der Waals surface area (Å²) in [6.07, 6.45) is 2.13. The van der Waals surface area contributed by atoms with Crippen LogP contribution >= 0.6 is 0 Å². The summed E-state index contributed by atoms with van der Waals surface area (Å²) in [7, 11) is -0.115. The molecule has 0 atom stereocenters. The molecule has 0 unspecified atom stereocenters. The summed E-state index contributed by atoms with van der Waals surface area (Å²) >= 11 is 0. The molecule has 2 aliphatic heterocycles. The van der Waals surface area contributed by atoms with Crippen LogP contribution in [0.4, 0.5) is 0 Å². The predicted molar refractivity (Wildman–Crippen MR) is 63.7 cm³/mol. The van der Waals surface area contributed by atoms with Crippen molar-refractivity contribution in [1.82, 2.24) is 10.2 Å². The van der Waals surface area contributed by atoms with Gasteiger partial charge in [-0.1, -0.05) is 0 Å². The maximum Gasteiger partial charge on any atom is 0.0466 e. The zero-order valence-corrected chi connectivity index (χ0v) is 10.3. The van der Waals surface area contributed by atoms with Crippen LogP contribution in [0.5, 0.6) is 0 Å². The summed E-state index contributed by atoms with van der Waals surface area (Å²) in [5.74, 6) is 1.61. The zero-order valence-electron chi connectivity index (χ0n) is 9.45. The Morgan fingerprint density at radius 2 is 1.87 bits per heavy atom. The summed E-state index contributed by atoms with van der Waals surface area (Å²) < 4.78 is 16.1. The molecule has 5 heteroatoms. The zero-order chi connectivity index (χ0) is 10.7. The van der Waals surface area contributed by atoms with E-state index < -0.39 is 9.73 Å². The van der Waals surface area contributed by atoms with Gasteiger partial charge in [0.2, 0.25) is 0 Å². The number of hydrogen-bond donors (Lipinski definition) is 1. The minimum atomic E-state index is -1.82. The lowest BCUT2D eigenvalue weighted by Crippen LogP contribution is -2.50. The van der Waals surface area contributed by atoms with Crippen molar-refractivity contribution in [3.63, 3.8) is 0 Å². The van der Waals surface area contributed by atoms with Crippen molar-refractivity contribution in [2.45, 2.75) is 18.9 Å². The average molecular weight is 231 g/mol. The summed E-state index contributed by atoms with van der Waals surface area (Å²) in [5, 5.41) is 3.36. The molecule has 0 aromatic heterocycles. The van der Waals surface area contributed by atoms with Crippen LogP contribution in [0.3, 0.4) is 0 Å². The van der Waals surface area contributed by atoms with E-state index in [9.17, 15) is 4.21 Å². The van der Waals surface area contributed by atoms with Gasteiger partial charge in [0.15, 0.2) is 0 Å². The first-order valence-electron chi connectivity index (χ1n) is 5.79. The van der Waals surface area contributed by atoms with Gasteiger partial charge in [-0.25, -0.2) is 8.57 Å². The fourth-order valence-electron chi connectivity index (χ4n) is 2.48. The molecule has 4 nitrogen and oxygen atoms in total. The molecule has 0 aromatic rings. The number of rotatable bonds is 1. The van der Waals surface area contributed by atoms with Gasteiger partial charge in [0, 0.05) is 60.5 Å². The molecule has 2 aliphatic rings. The fourth-order valence-corrected chi connectivity index (χ4v) is 4.33. The highest BCUT2D eigenvalue weighted by Gasteiger charge is 2.27. The first kappa shape index (κ1) is 11.4. The first-order valence-corrected chi connectivity index (χ1v) is 7.64. The molecule has 2 rings (SSSR count). The van der Waals surface area contributed by atoms with E-state index in [4.69, 9.17) is 0 Å². The second-order valence-corrected chi connectivity index (χ2v) is 7.11. The van der Waals surface area contributed by atoms with E-state index >= 15 is 0 Å². The van der Waals surface area contributed by atoms with Crippen LogP contribution < -0.4 is 5.32 Å². The van der Waals surface area contributed by atoms with Crippen LogP contribution in [-0.2, 0) is 9.73 Å². The Labute approximate surface area is 92.6 Å². The molecule has 15 heavy (non-hydrogen) atoms. The van der Waals surface area contributed by atoms with Crippen molar-refractivity contribution >= 4 is 9.73 Å². The van der Waals surface area contributed by atoms with Crippen molar-refractivity contribution in [3.05, 3.63) is 0 Å². The van der Waals surface area contributed by atoms with Crippen molar-refractivity contribution in [3.8, 4) is 0 Å². The lowest BCUT2D eigenvalue weighted by atomic mass is 10.1. The van der Waals surface area contributed by atoms with Crippen molar-refractivity contribution in [2.75, 3.05) is 44.7 Å². The number of nitrogens with one attached hydrogen (secondary N) is 1. The third-order valence-electron chi connectivity index (χ3n) is 3.54. The molecule has 2 heterocycles. The fraction of sp³-hybridized carbons (Fsp3) is 1.00. The highest BCUT2D eigenvalue weighted by molar-refractivity contribution is 7.93. The van der Waals surface area contributed by atoms with Crippen LogP contribution in [0, 0.1) is 0 Å². The van der Waals surface area contributed by atoms with Gasteiger partial charge in [-0.05, 0) is 12.8 Å². The van der Waals surface area contributed by atoms with Crippen LogP contribution in [-0.4, -0.2) is 59.9 Å². The average Bonchev–Trinajstić information content (AvgIpc) is 2.31. The van der Waals surface area contributed by atoms with Crippen LogP contribution in [0.2, 0.25) is 0 Å². The third-order valence-corrected chi connectivity index (χ3v) is 5.95. The lowest BCUT2D eigenvalue weighted by molar-refractivity contribution is 0.163. The highest BCUT2D eigenvalue weighted by atomic mass is 32.2. The van der Waals surface area contributed by atoms with Crippen LogP contribution in [0.25, 0.3) is 0 Å². The van der Waals surface area contributed by atoms with E-state index in [0.29, 0.717) is 6.04 Å². The molecule has 0 aromatic carbocycles. The Balaban J connectivity index is 1.90. The van der Waals surface area contributed by atoms with Gasteiger partial charge < -0.3 is 5.32 Å². The Hall–Kier alpha value is -0.130. The highest BCUT2D eigenvalue weighted by Crippen LogP contribution is 2.19. The van der Waals surface area contributed by atoms with Gasteiger partial charge in [0.1, 0.15) is 0 Å². The minimum absolute atomic E-state index is 0.656. The van der Waals surface area contributed by atoms with Gasteiger partial charge in [-0.15, -0.1) is 0 Å². The quantitative estimate of drug-likeness (QED) is 0.699. The maximum atomic E-state index is 12.0. The van der Waals surface area contributed by atoms with Crippen molar-refractivity contribution in [1.29, 1.82) is 0 Å². The normalized spacial score (nSPS) is 38.9. The first-order chi connectivity index (χ1) is 7.23. The molecule has 0 radical (unpaired) electrons. The Morgan fingerprint density at radius 1 is 1.27 bits per heavy atom. The van der Waals surface area contributed by atoms with E-state index in [-0.39, 0.29) is 0 Å². The predicted octanol–water partition coefficient (Wildman–Crippen LogP) is 0.152. The standard InChI is InChI=1S/C10H21N3OS/c1-11-15(14)8-2-10(3-9-15)13-6-4-12-5-7-13/h10,12H,2-9H2,1H3. The summed E-state index contributed by atoms with van der Waals surface area (Å²) in [4.78, 5) is 2.55. The van der Waals surface area contributed by atoms with Gasteiger partial charge in [-0.2, -0.15) is 0 Å². The molecule has 0 saturated carbocycles. The second kappa shape index (κ2) is 4.80. The molecular formula is C10H21N3OS. The smallest absolute Gasteiger partial charge is 0.0466 e. The van der Waals surface area contributed by atoms with Crippen LogP contribution in [0.1, 0.15) is 12.8 Å². The van der Waals surface area contributed by atoms with Gasteiger partial charge in [-0.3, -0.25) is 4.90 Å². The van der Waals surface area contributed by atoms with Gasteiger partial charge in [0.05, 0.1) is 0 Å². The topological polar surface area (TPSA) is 44.7 Å². The van der Waals surface area contributed by atoms with Crippen molar-refractivity contribution < 1.29 is 4.21 Å². The Morgan fingerprint density at radius 3 is 2.40 bits per heavy atom. The molecule has 0 spiro atoms. The molecule has 0 aliphatic carbocycles. The summed E-state index contributed by atoms with van der Waals surface area (Å²) in [6, 6.07) is 0.656. The molecule has 88 valence electrons. The lowest BCUT2D eigenvalue weighted by Gasteiger charge is -2.37. The minimum Gasteiger partial charge on any atom is -0.314 e. The molecule has 2 saturated heterocycles. The maximum absolute atomic E-state index is 12.0. The largest absolute Gasteiger partial charge is 0.314 e. The van der Waals surface area contributed by atoms with Crippen molar-refractivity contribution in [2.24, 2.45) is 4.36 Å². The SMILES string of the molecule is CN=S1(=O)CCC(N2CCNCC2)CC1. The second-order valence-electron chi connectivity index (χ2n) is 4.38. The Bertz CT molecular complexity index is 303.